The largest absolute Gasteiger partial charge is 0.481 e. The van der Waals surface area contributed by atoms with Crippen molar-refractivity contribution in [2.45, 2.75) is 12.3 Å². The highest BCUT2D eigenvalue weighted by Crippen LogP contribution is 2.27. The summed E-state index contributed by atoms with van der Waals surface area (Å²) in [6, 6.07) is 8.98. The Kier molecular flexibility index (Phi) is 3.43. The van der Waals surface area contributed by atoms with Crippen LogP contribution in [0, 0.1) is 0 Å². The molecule has 0 amide bonds. The first-order chi connectivity index (χ1) is 8.55. The highest BCUT2D eigenvalue weighted by molar-refractivity contribution is 5.80. The number of hydrogen-bond donors (Lipinski definition) is 1. The summed E-state index contributed by atoms with van der Waals surface area (Å²) in [5.74, 6) is -2.72. The van der Waals surface area contributed by atoms with Gasteiger partial charge in [0.1, 0.15) is 0 Å². The second-order valence-corrected chi connectivity index (χ2v) is 4.09. The van der Waals surface area contributed by atoms with Crippen molar-refractivity contribution in [3.05, 3.63) is 35.9 Å². The Balaban J connectivity index is 2.48. The zero-order valence-corrected chi connectivity index (χ0v) is 9.99. The number of para-hydroxylation sites is 1. The lowest BCUT2D eigenvalue weighted by Gasteiger charge is -2.16. The number of pyridine rings is 1. The molecule has 0 unspecified atom stereocenters. The summed E-state index contributed by atoms with van der Waals surface area (Å²) in [6.45, 7) is -0.691. The van der Waals surface area contributed by atoms with E-state index in [1.807, 2.05) is 24.3 Å². The summed E-state index contributed by atoms with van der Waals surface area (Å²) in [5, 5.41) is 0.807. The number of nitrogens with two attached hydrogens (primary N) is 1. The molecule has 1 aromatic carbocycles. The molecule has 18 heavy (non-hydrogen) atoms. The Labute approximate surface area is 104 Å². The van der Waals surface area contributed by atoms with Crippen LogP contribution in [0.5, 0.6) is 5.88 Å². The average Bonchev–Trinajstić information content (AvgIpc) is 2.37. The molecule has 0 aliphatic heterocycles. The van der Waals surface area contributed by atoms with Crippen LogP contribution in [-0.2, 0) is 6.42 Å². The molecule has 96 valence electrons. The van der Waals surface area contributed by atoms with Gasteiger partial charge in [0, 0.05) is 17.4 Å². The molecule has 2 aromatic rings. The van der Waals surface area contributed by atoms with E-state index in [-0.39, 0.29) is 5.88 Å². The first-order valence-electron chi connectivity index (χ1n) is 5.56. The fourth-order valence-corrected chi connectivity index (χ4v) is 1.80. The molecule has 0 atom stereocenters. The van der Waals surface area contributed by atoms with E-state index in [9.17, 15) is 8.78 Å². The smallest absolute Gasteiger partial charge is 0.264 e. The zero-order valence-electron chi connectivity index (χ0n) is 9.99. The second kappa shape index (κ2) is 4.86. The minimum absolute atomic E-state index is 0.224. The normalized spacial score (nSPS) is 11.8. The van der Waals surface area contributed by atoms with Gasteiger partial charge in [-0.25, -0.2) is 13.8 Å². The molecule has 2 rings (SSSR count). The molecule has 1 heterocycles. The number of halogens is 2. The predicted molar refractivity (Wildman–Crippen MR) is 66.0 cm³/mol. The van der Waals surface area contributed by atoms with E-state index >= 15 is 0 Å². The predicted octanol–water partition coefficient (Wildman–Crippen LogP) is 2.38. The quantitative estimate of drug-likeness (QED) is 0.908. The molecular weight excluding hydrogens is 238 g/mol. The maximum absolute atomic E-state index is 13.3. The van der Waals surface area contributed by atoms with Crippen molar-refractivity contribution in [1.29, 1.82) is 0 Å². The molecule has 1 aromatic heterocycles. The zero-order chi connectivity index (χ0) is 13.2. The summed E-state index contributed by atoms with van der Waals surface area (Å²) in [4.78, 5) is 4.22. The number of ether oxygens (including phenoxy) is 1. The Morgan fingerprint density at radius 1 is 1.33 bits per heavy atom. The molecule has 2 N–H and O–H groups in total. The third-order valence-corrected chi connectivity index (χ3v) is 2.70. The maximum Gasteiger partial charge on any atom is 0.264 e. The lowest BCUT2D eigenvalue weighted by atomic mass is 10.1. The monoisotopic (exact) mass is 252 g/mol. The molecule has 0 saturated heterocycles. The van der Waals surface area contributed by atoms with E-state index in [0.29, 0.717) is 11.1 Å². The Hall–Kier alpha value is -1.75. The highest BCUT2D eigenvalue weighted by Gasteiger charge is 2.29. The van der Waals surface area contributed by atoms with Gasteiger partial charge >= 0.3 is 0 Å². The minimum atomic E-state index is -2.95. The summed E-state index contributed by atoms with van der Waals surface area (Å²) < 4.78 is 31.8. The highest BCUT2D eigenvalue weighted by atomic mass is 19.3. The second-order valence-electron chi connectivity index (χ2n) is 4.09. The molecule has 0 aliphatic rings. The number of nitrogens with zero attached hydrogens (tertiary/aromatic N) is 1. The van der Waals surface area contributed by atoms with Gasteiger partial charge in [0.25, 0.3) is 5.92 Å². The van der Waals surface area contributed by atoms with Gasteiger partial charge in [-0.3, -0.25) is 0 Å². The first-order valence-corrected chi connectivity index (χ1v) is 5.56. The van der Waals surface area contributed by atoms with Crippen molar-refractivity contribution in [3.8, 4) is 5.88 Å². The van der Waals surface area contributed by atoms with Crippen LogP contribution in [0.1, 0.15) is 5.56 Å². The summed E-state index contributed by atoms with van der Waals surface area (Å²) in [5.41, 5.74) is 6.13. The van der Waals surface area contributed by atoms with Gasteiger partial charge in [-0.1, -0.05) is 18.2 Å². The molecule has 0 spiro atoms. The number of fused-ring (bicyclic) bond motifs is 1. The summed E-state index contributed by atoms with van der Waals surface area (Å²) in [7, 11) is 1.42. The lowest BCUT2D eigenvalue weighted by molar-refractivity contribution is 0.0109. The van der Waals surface area contributed by atoms with E-state index < -0.39 is 18.9 Å². The number of methoxy groups -OCH3 is 1. The fourth-order valence-electron chi connectivity index (χ4n) is 1.80. The van der Waals surface area contributed by atoms with Crippen LogP contribution >= 0.6 is 0 Å². The van der Waals surface area contributed by atoms with Crippen molar-refractivity contribution < 1.29 is 13.5 Å². The fraction of sp³-hybridized carbons (Fsp3) is 0.308. The van der Waals surface area contributed by atoms with Gasteiger partial charge in [-0.15, -0.1) is 0 Å². The topological polar surface area (TPSA) is 48.1 Å². The van der Waals surface area contributed by atoms with Crippen LogP contribution in [0.3, 0.4) is 0 Å². The van der Waals surface area contributed by atoms with E-state index in [2.05, 4.69) is 4.98 Å². The van der Waals surface area contributed by atoms with Gasteiger partial charge in [-0.2, -0.15) is 0 Å². The first kappa shape index (κ1) is 12.7. The third-order valence-electron chi connectivity index (χ3n) is 2.70. The molecule has 0 radical (unpaired) electrons. The molecule has 0 saturated carbocycles. The van der Waals surface area contributed by atoms with E-state index in [0.717, 1.165) is 5.39 Å². The summed E-state index contributed by atoms with van der Waals surface area (Å²) in [6.07, 6.45) is -0.468. The van der Waals surface area contributed by atoms with Crippen LogP contribution in [-0.4, -0.2) is 24.6 Å². The Morgan fingerprint density at radius 2 is 2.06 bits per heavy atom. The number of aromatic nitrogens is 1. The van der Waals surface area contributed by atoms with E-state index in [4.69, 9.17) is 10.5 Å². The molecule has 5 heteroatoms. The van der Waals surface area contributed by atoms with Crippen molar-refractivity contribution >= 4 is 10.9 Å². The number of rotatable bonds is 4. The van der Waals surface area contributed by atoms with Crippen molar-refractivity contribution in [1.82, 2.24) is 4.98 Å². The minimum Gasteiger partial charge on any atom is -0.481 e. The molecule has 3 nitrogen and oxygen atoms in total. The van der Waals surface area contributed by atoms with Gasteiger partial charge in [-0.05, 0) is 12.1 Å². The van der Waals surface area contributed by atoms with Crippen molar-refractivity contribution in [2.75, 3.05) is 13.7 Å². The van der Waals surface area contributed by atoms with Gasteiger partial charge in [0.2, 0.25) is 5.88 Å². The third kappa shape index (κ3) is 2.56. The standard InChI is InChI=1S/C13H14F2N2O/c1-18-12-10(7-13(14,15)8-16)6-9-4-2-3-5-11(9)17-12/h2-6H,7-8,16H2,1H3. The van der Waals surface area contributed by atoms with Crippen molar-refractivity contribution in [3.63, 3.8) is 0 Å². The summed E-state index contributed by atoms with van der Waals surface area (Å²) >= 11 is 0. The SMILES string of the molecule is COc1nc2ccccc2cc1CC(F)(F)CN. The average molecular weight is 252 g/mol. The van der Waals surface area contributed by atoms with Crippen LogP contribution in [0.2, 0.25) is 0 Å². The Bertz CT molecular complexity index is 558. The van der Waals surface area contributed by atoms with Crippen LogP contribution in [0.4, 0.5) is 8.78 Å². The molecule has 0 aliphatic carbocycles. The van der Waals surface area contributed by atoms with Gasteiger partial charge in [0.05, 0.1) is 19.2 Å². The number of alkyl halides is 2. The van der Waals surface area contributed by atoms with E-state index in [1.54, 1.807) is 6.07 Å². The van der Waals surface area contributed by atoms with Crippen LogP contribution in [0.25, 0.3) is 10.9 Å². The maximum atomic E-state index is 13.3. The molecule has 0 fully saturated rings. The van der Waals surface area contributed by atoms with Crippen LogP contribution in [0.15, 0.2) is 30.3 Å². The molecule has 0 bridgehead atoms. The number of benzene rings is 1. The lowest BCUT2D eigenvalue weighted by Crippen LogP contribution is -2.30. The van der Waals surface area contributed by atoms with Crippen LogP contribution < -0.4 is 10.5 Å². The number of hydrogen-bond acceptors (Lipinski definition) is 3. The van der Waals surface area contributed by atoms with E-state index in [1.165, 1.54) is 7.11 Å². The molecular formula is C13H14F2N2O. The van der Waals surface area contributed by atoms with Gasteiger partial charge in [0.15, 0.2) is 0 Å². The van der Waals surface area contributed by atoms with Gasteiger partial charge < -0.3 is 10.5 Å². The van der Waals surface area contributed by atoms with Crippen molar-refractivity contribution in [2.24, 2.45) is 5.73 Å². The Morgan fingerprint density at radius 3 is 2.72 bits per heavy atom.